The molecule has 0 N–H and O–H groups in total. The van der Waals surface area contributed by atoms with Gasteiger partial charge in [-0.3, -0.25) is 4.79 Å². The Bertz CT molecular complexity index is 456. The molecule has 1 saturated heterocycles. The fraction of sp³-hybridized carbons (Fsp3) is 0.533. The largest absolute Gasteiger partial charge is 0.497 e. The lowest BCUT2D eigenvalue weighted by Gasteiger charge is -2.32. The summed E-state index contributed by atoms with van der Waals surface area (Å²) < 4.78 is 10.4. The Balaban J connectivity index is 2.19. The van der Waals surface area contributed by atoms with Crippen molar-refractivity contribution in [3.8, 4) is 11.5 Å². The van der Waals surface area contributed by atoms with Crippen molar-refractivity contribution in [2.24, 2.45) is 5.92 Å². The summed E-state index contributed by atoms with van der Waals surface area (Å²) in [7, 11) is 3.15. The molecule has 1 atom stereocenters. The molecular weight excluding hydrogens is 278 g/mol. The van der Waals surface area contributed by atoms with E-state index in [1.54, 1.807) is 32.4 Å². The molecule has 0 spiro atoms. The Morgan fingerprint density at radius 3 is 2.50 bits per heavy atom. The topological polar surface area (TPSA) is 38.8 Å². The number of halogens is 1. The highest BCUT2D eigenvalue weighted by molar-refractivity contribution is 6.18. The number of amides is 1. The van der Waals surface area contributed by atoms with Crippen molar-refractivity contribution < 1.29 is 14.3 Å². The Hall–Kier alpha value is -1.42. The first kappa shape index (κ1) is 15.0. The van der Waals surface area contributed by atoms with Crippen LogP contribution < -0.4 is 9.47 Å². The molecule has 5 heteroatoms. The summed E-state index contributed by atoms with van der Waals surface area (Å²) in [4.78, 5) is 14.4. The molecule has 1 heterocycles. The van der Waals surface area contributed by atoms with Crippen LogP contribution in [-0.2, 0) is 0 Å². The van der Waals surface area contributed by atoms with Crippen molar-refractivity contribution in [1.29, 1.82) is 0 Å². The minimum Gasteiger partial charge on any atom is -0.497 e. The summed E-state index contributed by atoms with van der Waals surface area (Å²) in [6, 6.07) is 5.25. The van der Waals surface area contributed by atoms with Gasteiger partial charge in [0.05, 0.1) is 14.2 Å². The number of carbonyl (C=O) groups is 1. The SMILES string of the molecule is COc1cc(OC)cc(C(=O)N2CCCC(CCl)C2)c1. The minimum atomic E-state index is 0.0111. The van der Waals surface area contributed by atoms with Crippen molar-refractivity contribution in [2.75, 3.05) is 33.2 Å². The van der Waals surface area contributed by atoms with Crippen LogP contribution in [0.3, 0.4) is 0 Å². The van der Waals surface area contributed by atoms with E-state index in [-0.39, 0.29) is 5.91 Å². The molecule has 0 aromatic heterocycles. The van der Waals surface area contributed by atoms with E-state index in [9.17, 15) is 4.79 Å². The minimum absolute atomic E-state index is 0.0111. The Morgan fingerprint density at radius 1 is 1.30 bits per heavy atom. The predicted octanol–water partition coefficient (Wildman–Crippen LogP) is 2.79. The zero-order chi connectivity index (χ0) is 14.5. The smallest absolute Gasteiger partial charge is 0.254 e. The van der Waals surface area contributed by atoms with E-state index in [4.69, 9.17) is 21.1 Å². The van der Waals surface area contributed by atoms with Crippen LogP contribution in [0.25, 0.3) is 0 Å². The number of benzene rings is 1. The molecule has 1 fully saturated rings. The van der Waals surface area contributed by atoms with Gasteiger partial charge in [0, 0.05) is 30.6 Å². The van der Waals surface area contributed by atoms with Gasteiger partial charge in [-0.2, -0.15) is 0 Å². The van der Waals surface area contributed by atoms with Crippen LogP contribution in [0.4, 0.5) is 0 Å². The van der Waals surface area contributed by atoms with Crippen molar-refractivity contribution in [3.05, 3.63) is 23.8 Å². The first-order chi connectivity index (χ1) is 9.67. The first-order valence-corrected chi connectivity index (χ1v) is 7.29. The highest BCUT2D eigenvalue weighted by atomic mass is 35.5. The van der Waals surface area contributed by atoms with E-state index in [2.05, 4.69) is 0 Å². The third-order valence-corrected chi connectivity index (χ3v) is 4.06. The van der Waals surface area contributed by atoms with Crippen molar-refractivity contribution in [1.82, 2.24) is 4.90 Å². The lowest BCUT2D eigenvalue weighted by molar-refractivity contribution is 0.0684. The highest BCUT2D eigenvalue weighted by Gasteiger charge is 2.24. The molecule has 20 heavy (non-hydrogen) atoms. The summed E-state index contributed by atoms with van der Waals surface area (Å²) in [5.41, 5.74) is 0.594. The lowest BCUT2D eigenvalue weighted by atomic mass is 9.99. The number of ether oxygens (including phenoxy) is 2. The van der Waals surface area contributed by atoms with E-state index in [1.165, 1.54) is 0 Å². The van der Waals surface area contributed by atoms with Crippen LogP contribution in [0, 0.1) is 5.92 Å². The van der Waals surface area contributed by atoms with Crippen LogP contribution in [0.2, 0.25) is 0 Å². The van der Waals surface area contributed by atoms with Gasteiger partial charge in [-0.15, -0.1) is 11.6 Å². The fourth-order valence-corrected chi connectivity index (χ4v) is 2.74. The van der Waals surface area contributed by atoms with Crippen molar-refractivity contribution in [2.45, 2.75) is 12.8 Å². The maximum absolute atomic E-state index is 12.6. The van der Waals surface area contributed by atoms with Crippen LogP contribution in [0.5, 0.6) is 11.5 Å². The molecule has 0 radical (unpaired) electrons. The highest BCUT2D eigenvalue weighted by Crippen LogP contribution is 2.25. The van der Waals surface area contributed by atoms with E-state index in [0.717, 1.165) is 25.9 Å². The molecule has 1 unspecified atom stereocenters. The molecule has 0 saturated carbocycles. The number of carbonyl (C=O) groups excluding carboxylic acids is 1. The molecular formula is C15H20ClNO3. The van der Waals surface area contributed by atoms with Gasteiger partial charge >= 0.3 is 0 Å². The molecule has 0 aliphatic carbocycles. The summed E-state index contributed by atoms with van der Waals surface area (Å²) in [5, 5.41) is 0. The Kier molecular flexibility index (Phi) is 5.12. The molecule has 1 aliphatic rings. The maximum Gasteiger partial charge on any atom is 0.254 e. The van der Waals surface area contributed by atoms with Gasteiger partial charge in [0.2, 0.25) is 0 Å². The predicted molar refractivity (Wildman–Crippen MR) is 78.9 cm³/mol. The Morgan fingerprint density at radius 2 is 1.95 bits per heavy atom. The van der Waals surface area contributed by atoms with Gasteiger partial charge < -0.3 is 14.4 Å². The normalized spacial score (nSPS) is 18.8. The second kappa shape index (κ2) is 6.84. The third kappa shape index (κ3) is 3.37. The van der Waals surface area contributed by atoms with Gasteiger partial charge in [0.1, 0.15) is 11.5 Å². The number of nitrogens with zero attached hydrogens (tertiary/aromatic N) is 1. The number of rotatable bonds is 4. The van der Waals surface area contributed by atoms with E-state index in [0.29, 0.717) is 28.9 Å². The van der Waals surface area contributed by atoms with Crippen LogP contribution >= 0.6 is 11.6 Å². The maximum atomic E-state index is 12.6. The van der Waals surface area contributed by atoms with Gasteiger partial charge in [-0.25, -0.2) is 0 Å². The Labute approximate surface area is 124 Å². The quantitative estimate of drug-likeness (QED) is 0.802. The molecule has 1 aliphatic heterocycles. The second-order valence-corrected chi connectivity index (χ2v) is 5.32. The zero-order valence-electron chi connectivity index (χ0n) is 11.9. The summed E-state index contributed by atoms with van der Waals surface area (Å²) in [5.74, 6) is 2.25. The van der Waals surface area contributed by atoms with E-state index >= 15 is 0 Å². The van der Waals surface area contributed by atoms with Gasteiger partial charge in [0.25, 0.3) is 5.91 Å². The zero-order valence-corrected chi connectivity index (χ0v) is 12.7. The molecule has 2 rings (SSSR count). The summed E-state index contributed by atoms with van der Waals surface area (Å²) >= 11 is 5.91. The standard InChI is InChI=1S/C15H20ClNO3/c1-19-13-6-12(7-14(8-13)20-2)15(18)17-5-3-4-11(9-16)10-17/h6-8,11H,3-5,9-10H2,1-2H3. The number of piperidine rings is 1. The first-order valence-electron chi connectivity index (χ1n) is 6.76. The molecule has 1 aromatic carbocycles. The van der Waals surface area contributed by atoms with Gasteiger partial charge in [-0.1, -0.05) is 0 Å². The lowest BCUT2D eigenvalue weighted by Crippen LogP contribution is -2.40. The molecule has 4 nitrogen and oxygen atoms in total. The van der Waals surface area contributed by atoms with Crippen LogP contribution in [0.1, 0.15) is 23.2 Å². The van der Waals surface area contributed by atoms with E-state index in [1.807, 2.05) is 4.90 Å². The monoisotopic (exact) mass is 297 g/mol. The van der Waals surface area contributed by atoms with Gasteiger partial charge in [0.15, 0.2) is 0 Å². The molecule has 1 amide bonds. The molecule has 1 aromatic rings. The third-order valence-electron chi connectivity index (χ3n) is 3.62. The van der Waals surface area contributed by atoms with Gasteiger partial charge in [-0.05, 0) is 30.9 Å². The molecule has 110 valence electrons. The average molecular weight is 298 g/mol. The van der Waals surface area contributed by atoms with Crippen LogP contribution in [-0.4, -0.2) is 44.0 Å². The number of alkyl halides is 1. The number of likely N-dealkylation sites (tertiary alicyclic amines) is 1. The second-order valence-electron chi connectivity index (χ2n) is 5.02. The number of methoxy groups -OCH3 is 2. The summed E-state index contributed by atoms with van der Waals surface area (Å²) in [6.07, 6.45) is 2.10. The summed E-state index contributed by atoms with van der Waals surface area (Å²) in [6.45, 7) is 1.51. The average Bonchev–Trinajstić information content (AvgIpc) is 2.53. The van der Waals surface area contributed by atoms with Crippen molar-refractivity contribution in [3.63, 3.8) is 0 Å². The van der Waals surface area contributed by atoms with Crippen LogP contribution in [0.15, 0.2) is 18.2 Å². The van der Waals surface area contributed by atoms with Crippen molar-refractivity contribution >= 4 is 17.5 Å². The number of hydrogen-bond acceptors (Lipinski definition) is 3. The molecule has 0 bridgehead atoms. The van der Waals surface area contributed by atoms with E-state index < -0.39 is 0 Å². The fourth-order valence-electron chi connectivity index (χ4n) is 2.49. The number of hydrogen-bond donors (Lipinski definition) is 0.